The molecule has 5 aromatic rings. The van der Waals surface area contributed by atoms with Crippen LogP contribution >= 0.6 is 11.6 Å². The van der Waals surface area contributed by atoms with Crippen LogP contribution in [0.25, 0.3) is 16.7 Å². The third-order valence-electron chi connectivity index (χ3n) is 8.14. The number of aromatic nitrogens is 6. The van der Waals surface area contributed by atoms with Crippen LogP contribution in [0.4, 0.5) is 16.0 Å². The molecule has 0 unspecified atom stereocenters. The van der Waals surface area contributed by atoms with Crippen LogP contribution < -0.4 is 15.6 Å². The molecule has 10 nitrogen and oxygen atoms in total. The number of nitrogens with one attached hydrogen (secondary N) is 1. The number of halogens is 2. The number of rotatable bonds is 10. The predicted molar refractivity (Wildman–Crippen MR) is 158 cm³/mol. The topological polar surface area (TPSA) is 100 Å². The Hall–Kier alpha value is -3.96. The maximum Gasteiger partial charge on any atom is 0.274 e. The van der Waals surface area contributed by atoms with Crippen molar-refractivity contribution in [3.8, 4) is 11.5 Å². The largest absolute Gasteiger partial charge is 0.450 e. The van der Waals surface area contributed by atoms with E-state index >= 15 is 0 Å². The molecule has 0 aliphatic heterocycles. The number of aryl methyl sites for hydroxylation is 1. The molecule has 7 rings (SSSR count). The lowest BCUT2D eigenvalue weighted by Crippen LogP contribution is -2.39. The van der Waals surface area contributed by atoms with Crippen molar-refractivity contribution in [1.82, 2.24) is 28.7 Å². The highest BCUT2D eigenvalue weighted by Crippen LogP contribution is 2.42. The molecule has 12 heteroatoms. The van der Waals surface area contributed by atoms with Gasteiger partial charge in [-0.15, -0.1) is 0 Å². The monoisotopic (exact) mass is 591 g/mol. The third-order valence-corrected chi connectivity index (χ3v) is 8.51. The molecule has 0 spiro atoms. The zero-order valence-electron chi connectivity index (χ0n) is 23.4. The number of pyridine rings is 3. The summed E-state index contributed by atoms with van der Waals surface area (Å²) in [6.45, 7) is 2.92. The first kappa shape index (κ1) is 26.9. The molecule has 42 heavy (non-hydrogen) atoms. The van der Waals surface area contributed by atoms with Crippen LogP contribution in [0.1, 0.15) is 63.0 Å². The van der Waals surface area contributed by atoms with Gasteiger partial charge < -0.3 is 23.9 Å². The van der Waals surface area contributed by atoms with Gasteiger partial charge in [0.1, 0.15) is 27.6 Å². The fourth-order valence-corrected chi connectivity index (χ4v) is 5.77. The molecule has 2 aliphatic rings. The Kier molecular flexibility index (Phi) is 6.86. The zero-order valence-corrected chi connectivity index (χ0v) is 24.1. The van der Waals surface area contributed by atoms with Crippen molar-refractivity contribution in [3.05, 3.63) is 69.7 Å². The van der Waals surface area contributed by atoms with E-state index in [-0.39, 0.29) is 17.7 Å². The second-order valence-corrected chi connectivity index (χ2v) is 11.5. The number of nitrogens with zero attached hydrogens (tertiary/aromatic N) is 6. The van der Waals surface area contributed by atoms with Gasteiger partial charge in [-0.3, -0.25) is 4.79 Å². The first-order chi connectivity index (χ1) is 20.4. The second-order valence-electron chi connectivity index (χ2n) is 11.2. The maximum absolute atomic E-state index is 13.7. The molecule has 2 fully saturated rings. The van der Waals surface area contributed by atoms with E-state index in [4.69, 9.17) is 21.1 Å². The number of fused-ring (bicyclic) bond motifs is 2. The molecule has 0 atom stereocenters. The SMILES string of the molecule is CCCCOC1CC(n2cc(C3CC3)cc(Nc3nc4ncc(Oc5cnn6cc(F)ccc56)c(Cl)c4n3C)c2=O)C1. The normalized spacial score (nSPS) is 18.5. The van der Waals surface area contributed by atoms with Gasteiger partial charge in [0.15, 0.2) is 17.1 Å². The first-order valence-electron chi connectivity index (χ1n) is 14.4. The van der Waals surface area contributed by atoms with Gasteiger partial charge in [0.25, 0.3) is 5.56 Å². The minimum Gasteiger partial charge on any atom is -0.450 e. The Bertz CT molecular complexity index is 1860. The van der Waals surface area contributed by atoms with Gasteiger partial charge in [-0.2, -0.15) is 10.1 Å². The van der Waals surface area contributed by atoms with Gasteiger partial charge in [0, 0.05) is 25.9 Å². The number of hydrogen-bond donors (Lipinski definition) is 1. The standard InChI is InChI=1S/C30H31ClFN7O3/c1-3-4-9-41-21-11-20(12-21)38-15-18(17-5-6-17)10-22(29(38)40)35-30-36-28-27(37(30)2)26(31)25(13-33-28)42-24-14-34-39-16-19(32)7-8-23(24)39/h7-8,10,13-17,20-21H,3-6,9,11-12H2,1-2H3,(H,33,35,36). The summed E-state index contributed by atoms with van der Waals surface area (Å²) in [4.78, 5) is 22.7. The number of imidazole rings is 1. The Balaban J connectivity index is 1.17. The molecular formula is C30H31ClFN7O3. The minimum absolute atomic E-state index is 0.0870. The minimum atomic E-state index is -0.407. The van der Waals surface area contributed by atoms with E-state index in [2.05, 4.69) is 27.3 Å². The van der Waals surface area contributed by atoms with Crippen molar-refractivity contribution in [2.45, 2.75) is 63.5 Å². The molecule has 5 heterocycles. The second kappa shape index (κ2) is 10.7. The Morgan fingerprint density at radius 1 is 1.17 bits per heavy atom. The van der Waals surface area contributed by atoms with Crippen LogP contribution in [0.15, 0.2) is 47.8 Å². The van der Waals surface area contributed by atoms with E-state index in [0.717, 1.165) is 50.7 Å². The molecule has 2 saturated carbocycles. The van der Waals surface area contributed by atoms with E-state index < -0.39 is 5.82 Å². The van der Waals surface area contributed by atoms with Crippen molar-refractivity contribution in [2.75, 3.05) is 11.9 Å². The van der Waals surface area contributed by atoms with Crippen molar-refractivity contribution >= 4 is 39.9 Å². The van der Waals surface area contributed by atoms with E-state index in [1.165, 1.54) is 29.2 Å². The van der Waals surface area contributed by atoms with E-state index in [9.17, 15) is 9.18 Å². The molecule has 2 aliphatic carbocycles. The predicted octanol–water partition coefficient (Wildman–Crippen LogP) is 6.50. The lowest BCUT2D eigenvalue weighted by molar-refractivity contribution is -0.0276. The summed E-state index contributed by atoms with van der Waals surface area (Å²) in [6.07, 6.45) is 12.6. The van der Waals surface area contributed by atoms with Crippen LogP contribution in [0.5, 0.6) is 11.5 Å². The number of unbranched alkanes of at least 4 members (excludes halogenated alkanes) is 1. The summed E-state index contributed by atoms with van der Waals surface area (Å²) in [5, 5.41) is 7.71. The highest BCUT2D eigenvalue weighted by molar-refractivity contribution is 6.36. The molecule has 5 aromatic heterocycles. The summed E-state index contributed by atoms with van der Waals surface area (Å²) in [5.41, 5.74) is 3.08. The van der Waals surface area contributed by atoms with E-state index in [1.807, 2.05) is 16.8 Å². The van der Waals surface area contributed by atoms with Crippen molar-refractivity contribution in [1.29, 1.82) is 0 Å². The number of hydrogen-bond acceptors (Lipinski definition) is 7. The van der Waals surface area contributed by atoms with Crippen LogP contribution in [0.2, 0.25) is 5.02 Å². The Morgan fingerprint density at radius 2 is 2.00 bits per heavy atom. The van der Waals surface area contributed by atoms with Crippen LogP contribution in [0.3, 0.4) is 0 Å². The van der Waals surface area contributed by atoms with E-state index in [0.29, 0.717) is 50.8 Å². The molecule has 0 aromatic carbocycles. The van der Waals surface area contributed by atoms with Gasteiger partial charge >= 0.3 is 0 Å². The zero-order chi connectivity index (χ0) is 29.0. The summed E-state index contributed by atoms with van der Waals surface area (Å²) in [6, 6.07) is 4.98. The average molecular weight is 592 g/mol. The molecule has 1 N–H and O–H groups in total. The van der Waals surface area contributed by atoms with Crippen LogP contribution in [0, 0.1) is 5.82 Å². The molecule has 0 amide bonds. The first-order valence-corrected chi connectivity index (χ1v) is 14.7. The van der Waals surface area contributed by atoms with Crippen molar-refractivity contribution in [2.24, 2.45) is 7.05 Å². The fourth-order valence-electron chi connectivity index (χ4n) is 5.47. The Morgan fingerprint density at radius 3 is 2.79 bits per heavy atom. The van der Waals surface area contributed by atoms with Gasteiger partial charge in [-0.25, -0.2) is 13.9 Å². The lowest BCUT2D eigenvalue weighted by Gasteiger charge is -2.36. The third kappa shape index (κ3) is 4.90. The van der Waals surface area contributed by atoms with Crippen molar-refractivity contribution < 1.29 is 13.9 Å². The molecule has 0 radical (unpaired) electrons. The van der Waals surface area contributed by atoms with Crippen molar-refractivity contribution in [3.63, 3.8) is 0 Å². The van der Waals surface area contributed by atoms with Crippen LogP contribution in [-0.2, 0) is 11.8 Å². The number of ether oxygens (including phenoxy) is 2. The number of anilines is 2. The highest BCUT2D eigenvalue weighted by Gasteiger charge is 2.34. The van der Waals surface area contributed by atoms with Gasteiger partial charge in [0.2, 0.25) is 5.95 Å². The molecule has 0 bridgehead atoms. The average Bonchev–Trinajstić information content (AvgIpc) is 3.66. The van der Waals surface area contributed by atoms with Gasteiger partial charge in [0.05, 0.1) is 24.7 Å². The van der Waals surface area contributed by atoms with Gasteiger partial charge in [-0.1, -0.05) is 24.9 Å². The Labute approximate surface area is 246 Å². The summed E-state index contributed by atoms with van der Waals surface area (Å²) in [7, 11) is 1.81. The maximum atomic E-state index is 13.7. The van der Waals surface area contributed by atoms with E-state index in [1.54, 1.807) is 17.7 Å². The fraction of sp³-hybridized carbons (Fsp3) is 0.400. The summed E-state index contributed by atoms with van der Waals surface area (Å²) < 4.78 is 30.6. The highest BCUT2D eigenvalue weighted by atomic mass is 35.5. The molecular weight excluding hydrogens is 561 g/mol. The summed E-state index contributed by atoms with van der Waals surface area (Å²) >= 11 is 6.80. The smallest absolute Gasteiger partial charge is 0.274 e. The van der Waals surface area contributed by atoms with Crippen LogP contribution in [-0.4, -0.2) is 41.4 Å². The molecule has 218 valence electrons. The van der Waals surface area contributed by atoms with Gasteiger partial charge in [-0.05, 0) is 61.8 Å². The summed E-state index contributed by atoms with van der Waals surface area (Å²) in [5.74, 6) is 1.22. The molecule has 0 saturated heterocycles. The quantitative estimate of drug-likeness (QED) is 0.185. The lowest BCUT2D eigenvalue weighted by atomic mass is 9.88.